The van der Waals surface area contributed by atoms with Gasteiger partial charge in [-0.2, -0.15) is 0 Å². The average Bonchev–Trinajstić information content (AvgIpc) is 2.23. The van der Waals surface area contributed by atoms with Crippen LogP contribution in [0.4, 0.5) is 0 Å². The third kappa shape index (κ3) is 15.3. The number of hydrogen-bond donors (Lipinski definition) is 5. The highest BCUT2D eigenvalue weighted by Crippen LogP contribution is 1.97. The van der Waals surface area contributed by atoms with Crippen LogP contribution in [0, 0.1) is 0 Å². The summed E-state index contributed by atoms with van der Waals surface area (Å²) in [5.74, 6) is -1.89. The Morgan fingerprint density at radius 2 is 1.69 bits per heavy atom. The molecule has 0 aliphatic rings. The fourth-order valence-corrected chi connectivity index (χ4v) is 0.675. The first-order valence-corrected chi connectivity index (χ1v) is 4.96. The lowest BCUT2D eigenvalue weighted by atomic mass is 10.2. The van der Waals surface area contributed by atoms with E-state index in [9.17, 15) is 9.59 Å². The van der Waals surface area contributed by atoms with Crippen LogP contribution in [0.1, 0.15) is 25.7 Å². The quantitative estimate of drug-likeness (QED) is 0.355. The highest BCUT2D eigenvalue weighted by Gasteiger charge is 2.07. The summed E-state index contributed by atoms with van der Waals surface area (Å²) in [4.78, 5) is 19.6. The molecule has 7 heteroatoms. The molecule has 96 valence electrons. The number of aliphatic hydroxyl groups is 1. The van der Waals surface area contributed by atoms with Crippen LogP contribution in [0.15, 0.2) is 0 Å². The van der Waals surface area contributed by atoms with Gasteiger partial charge in [-0.25, -0.2) is 0 Å². The Kier molecular flexibility index (Phi) is 12.8. The largest absolute Gasteiger partial charge is 0.481 e. The number of unbranched alkanes of at least 4 members (excludes halogenated alkanes) is 2. The van der Waals surface area contributed by atoms with E-state index in [1.807, 2.05) is 0 Å². The smallest absolute Gasteiger partial charge is 0.322 e. The van der Waals surface area contributed by atoms with Crippen molar-refractivity contribution in [2.24, 2.45) is 11.5 Å². The number of carboxylic acid groups (broad SMARTS) is 2. The van der Waals surface area contributed by atoms with E-state index in [4.69, 9.17) is 26.8 Å². The van der Waals surface area contributed by atoms with Gasteiger partial charge in [0.2, 0.25) is 0 Å². The molecule has 0 saturated heterocycles. The average molecular weight is 236 g/mol. The van der Waals surface area contributed by atoms with Crippen LogP contribution >= 0.6 is 0 Å². The summed E-state index contributed by atoms with van der Waals surface area (Å²) < 4.78 is 0. The Morgan fingerprint density at radius 1 is 1.12 bits per heavy atom. The summed E-state index contributed by atoms with van der Waals surface area (Å²) in [7, 11) is 0. The lowest BCUT2D eigenvalue weighted by molar-refractivity contribution is -0.139. The number of aliphatic carboxylic acids is 2. The molecule has 1 atom stereocenters. The molecule has 0 heterocycles. The number of rotatable bonds is 7. The van der Waals surface area contributed by atoms with Gasteiger partial charge in [0, 0.05) is 6.42 Å². The van der Waals surface area contributed by atoms with Gasteiger partial charge in [-0.05, 0) is 19.4 Å². The minimum Gasteiger partial charge on any atom is -0.481 e. The molecule has 16 heavy (non-hydrogen) atoms. The van der Waals surface area contributed by atoms with Crippen LogP contribution < -0.4 is 11.5 Å². The molecule has 0 aromatic carbocycles. The van der Waals surface area contributed by atoms with Gasteiger partial charge in [0.15, 0.2) is 0 Å². The molecule has 0 aliphatic carbocycles. The van der Waals surface area contributed by atoms with E-state index < -0.39 is 24.6 Å². The first-order chi connectivity index (χ1) is 7.45. The number of nitrogens with two attached hydrogens (primary N) is 2. The van der Waals surface area contributed by atoms with Crippen molar-refractivity contribution >= 4 is 11.9 Å². The molecule has 0 bridgehead atoms. The summed E-state index contributed by atoms with van der Waals surface area (Å²) in [5, 5.41) is 24.1. The maximum absolute atomic E-state index is 9.93. The fourth-order valence-electron chi connectivity index (χ4n) is 0.675. The van der Waals surface area contributed by atoms with Crippen molar-refractivity contribution in [3.63, 3.8) is 0 Å². The van der Waals surface area contributed by atoms with E-state index in [1.165, 1.54) is 0 Å². The maximum Gasteiger partial charge on any atom is 0.322 e. The zero-order chi connectivity index (χ0) is 13.0. The second kappa shape index (κ2) is 11.9. The maximum atomic E-state index is 9.93. The predicted molar refractivity (Wildman–Crippen MR) is 57.9 cm³/mol. The van der Waals surface area contributed by atoms with Crippen LogP contribution in [-0.4, -0.2) is 46.5 Å². The highest BCUT2D eigenvalue weighted by atomic mass is 16.4. The van der Waals surface area contributed by atoms with Crippen molar-refractivity contribution in [2.45, 2.75) is 31.7 Å². The van der Waals surface area contributed by atoms with Gasteiger partial charge < -0.3 is 26.8 Å². The SMILES string of the molecule is NC(CO)C(=O)O.NCCCCCC(=O)O. The van der Waals surface area contributed by atoms with Gasteiger partial charge in [-0.15, -0.1) is 0 Å². The van der Waals surface area contributed by atoms with Crippen LogP contribution in [0.25, 0.3) is 0 Å². The summed E-state index contributed by atoms with van der Waals surface area (Å²) in [5.41, 5.74) is 9.96. The van der Waals surface area contributed by atoms with Crippen molar-refractivity contribution in [3.05, 3.63) is 0 Å². The Labute approximate surface area is 94.1 Å². The second-order valence-electron chi connectivity index (χ2n) is 3.12. The number of carboxylic acids is 2. The zero-order valence-electron chi connectivity index (χ0n) is 9.13. The summed E-state index contributed by atoms with van der Waals surface area (Å²) in [6, 6.07) is -1.13. The normalized spacial score (nSPS) is 11.2. The Hall–Kier alpha value is -1.18. The molecule has 0 radical (unpaired) electrons. The van der Waals surface area contributed by atoms with E-state index >= 15 is 0 Å². The third-order valence-electron chi connectivity index (χ3n) is 1.61. The molecule has 0 saturated carbocycles. The van der Waals surface area contributed by atoms with Crippen molar-refractivity contribution < 1.29 is 24.9 Å². The standard InChI is InChI=1S/C6H13NO2.C3H7NO3/c7-5-3-1-2-4-6(8)9;4-2(1-5)3(6)7/h1-5,7H2,(H,8,9);2,5H,1,4H2,(H,6,7). The molecule has 0 aromatic heterocycles. The lowest BCUT2D eigenvalue weighted by Gasteiger charge is -1.96. The molecule has 0 fully saturated rings. The molecule has 0 rings (SSSR count). The monoisotopic (exact) mass is 236 g/mol. The number of carbonyl (C=O) groups is 2. The van der Waals surface area contributed by atoms with Crippen molar-refractivity contribution in [2.75, 3.05) is 13.2 Å². The van der Waals surface area contributed by atoms with Crippen LogP contribution in [0.3, 0.4) is 0 Å². The van der Waals surface area contributed by atoms with Crippen molar-refractivity contribution in [1.29, 1.82) is 0 Å². The molecular weight excluding hydrogens is 216 g/mol. The molecular formula is C9H20N2O5. The molecule has 7 nitrogen and oxygen atoms in total. The molecule has 1 unspecified atom stereocenters. The molecule has 7 N–H and O–H groups in total. The highest BCUT2D eigenvalue weighted by molar-refractivity contribution is 5.73. The van der Waals surface area contributed by atoms with E-state index in [2.05, 4.69) is 0 Å². The molecule has 0 spiro atoms. The zero-order valence-corrected chi connectivity index (χ0v) is 9.13. The van der Waals surface area contributed by atoms with E-state index in [0.717, 1.165) is 19.3 Å². The topological polar surface area (TPSA) is 147 Å². The van der Waals surface area contributed by atoms with Crippen LogP contribution in [0.2, 0.25) is 0 Å². The summed E-state index contributed by atoms with van der Waals surface area (Å²) in [6.45, 7) is 0.162. The first-order valence-electron chi connectivity index (χ1n) is 4.96. The summed E-state index contributed by atoms with van der Waals surface area (Å²) in [6.07, 6.45) is 2.91. The van der Waals surface area contributed by atoms with Gasteiger partial charge in [-0.1, -0.05) is 6.42 Å². The van der Waals surface area contributed by atoms with E-state index in [-0.39, 0.29) is 6.42 Å². The van der Waals surface area contributed by atoms with Crippen molar-refractivity contribution in [1.82, 2.24) is 0 Å². The fraction of sp³-hybridized carbons (Fsp3) is 0.778. The Bertz CT molecular complexity index is 198. The number of hydrogen-bond acceptors (Lipinski definition) is 5. The Morgan fingerprint density at radius 3 is 1.94 bits per heavy atom. The third-order valence-corrected chi connectivity index (χ3v) is 1.61. The number of aliphatic hydroxyl groups excluding tert-OH is 1. The van der Waals surface area contributed by atoms with E-state index in [1.54, 1.807) is 0 Å². The second-order valence-corrected chi connectivity index (χ2v) is 3.12. The molecule has 0 aliphatic heterocycles. The molecule has 0 aromatic rings. The van der Waals surface area contributed by atoms with Gasteiger partial charge in [0.05, 0.1) is 6.61 Å². The van der Waals surface area contributed by atoms with Gasteiger partial charge in [-0.3, -0.25) is 9.59 Å². The first kappa shape index (κ1) is 17.2. The van der Waals surface area contributed by atoms with Crippen molar-refractivity contribution in [3.8, 4) is 0 Å². The Balaban J connectivity index is 0. The summed E-state index contributed by atoms with van der Waals surface area (Å²) >= 11 is 0. The predicted octanol–water partition coefficient (Wildman–Crippen LogP) is -1.02. The molecule has 0 amide bonds. The van der Waals surface area contributed by atoms with Crippen LogP contribution in [0.5, 0.6) is 0 Å². The lowest BCUT2D eigenvalue weighted by Crippen LogP contribution is -2.33. The van der Waals surface area contributed by atoms with Gasteiger partial charge in [0.1, 0.15) is 6.04 Å². The minimum atomic E-state index is -1.18. The van der Waals surface area contributed by atoms with Gasteiger partial charge in [0.25, 0.3) is 0 Å². The van der Waals surface area contributed by atoms with E-state index in [0.29, 0.717) is 6.54 Å². The van der Waals surface area contributed by atoms with Gasteiger partial charge >= 0.3 is 11.9 Å². The van der Waals surface area contributed by atoms with Crippen LogP contribution in [-0.2, 0) is 9.59 Å². The minimum absolute atomic E-state index is 0.278.